The number of amides is 2. The van der Waals surface area contributed by atoms with Crippen LogP contribution in [0.2, 0.25) is 0 Å². The number of hydrogen-bond acceptors (Lipinski definition) is 5. The van der Waals surface area contributed by atoms with E-state index in [1.54, 1.807) is 42.2 Å². The molecule has 0 unspecified atom stereocenters. The van der Waals surface area contributed by atoms with E-state index in [-0.39, 0.29) is 18.4 Å². The van der Waals surface area contributed by atoms with Gasteiger partial charge < -0.3 is 10.1 Å². The van der Waals surface area contributed by atoms with E-state index in [0.29, 0.717) is 17.9 Å². The molecular formula is C26H27N3O3S. The van der Waals surface area contributed by atoms with Crippen LogP contribution in [0.5, 0.6) is 5.75 Å². The predicted octanol–water partition coefficient (Wildman–Crippen LogP) is 4.95. The lowest BCUT2D eigenvalue weighted by molar-refractivity contribution is -0.120. The maximum atomic E-state index is 12.0. The van der Waals surface area contributed by atoms with Crippen molar-refractivity contribution in [3.8, 4) is 5.75 Å². The first kappa shape index (κ1) is 24.1. The second kappa shape index (κ2) is 12.5. The molecule has 0 aliphatic heterocycles. The lowest BCUT2D eigenvalue weighted by Gasteiger charge is -2.08. The molecule has 0 fully saturated rings. The molecule has 2 amide bonds. The highest BCUT2D eigenvalue weighted by Gasteiger charge is 2.04. The first-order valence-electron chi connectivity index (χ1n) is 10.6. The van der Waals surface area contributed by atoms with Crippen LogP contribution in [-0.4, -0.2) is 30.4 Å². The molecule has 0 aliphatic carbocycles. The van der Waals surface area contributed by atoms with Gasteiger partial charge in [-0.15, -0.1) is 11.8 Å². The van der Waals surface area contributed by atoms with Gasteiger partial charge in [-0.25, -0.2) is 5.43 Å². The third-order valence-corrected chi connectivity index (χ3v) is 5.62. The van der Waals surface area contributed by atoms with Gasteiger partial charge in [0.2, 0.25) is 5.91 Å². The second-order valence-corrected chi connectivity index (χ2v) is 8.64. The summed E-state index contributed by atoms with van der Waals surface area (Å²) in [5.74, 6) is 0.898. The highest BCUT2D eigenvalue weighted by atomic mass is 32.2. The zero-order valence-electron chi connectivity index (χ0n) is 18.7. The van der Waals surface area contributed by atoms with Gasteiger partial charge in [-0.1, -0.05) is 35.4 Å². The van der Waals surface area contributed by atoms with Crippen LogP contribution in [0.3, 0.4) is 0 Å². The quantitative estimate of drug-likeness (QED) is 0.254. The molecule has 0 saturated heterocycles. The molecular weight excluding hydrogens is 434 g/mol. The van der Waals surface area contributed by atoms with E-state index in [1.165, 1.54) is 5.56 Å². The number of hydrogen-bond donors (Lipinski definition) is 2. The van der Waals surface area contributed by atoms with Gasteiger partial charge in [-0.2, -0.15) is 5.10 Å². The van der Waals surface area contributed by atoms with Gasteiger partial charge in [0, 0.05) is 22.8 Å². The number of thioether (sulfide) groups is 1. The maximum absolute atomic E-state index is 12.0. The standard InChI is InChI=1S/C26H27N3O3S/c1-19-3-9-22(10-4-19)28-26(31)18-32-23-11-7-21(8-12-23)17-27-29-25(30)15-16-33-24-13-5-20(2)6-14-24/h3-14,17H,15-16,18H2,1-2H3,(H,28,31)(H,29,30)/b27-17-. The molecule has 33 heavy (non-hydrogen) atoms. The third kappa shape index (κ3) is 8.82. The van der Waals surface area contributed by atoms with E-state index in [4.69, 9.17) is 4.74 Å². The van der Waals surface area contributed by atoms with Crippen molar-refractivity contribution in [2.45, 2.75) is 25.2 Å². The number of rotatable bonds is 10. The van der Waals surface area contributed by atoms with E-state index < -0.39 is 0 Å². The van der Waals surface area contributed by atoms with E-state index in [2.05, 4.69) is 40.1 Å². The molecule has 3 aromatic rings. The van der Waals surface area contributed by atoms with Crippen LogP contribution < -0.4 is 15.5 Å². The van der Waals surface area contributed by atoms with Crippen LogP contribution >= 0.6 is 11.8 Å². The van der Waals surface area contributed by atoms with Gasteiger partial charge in [0.1, 0.15) is 5.75 Å². The topological polar surface area (TPSA) is 79.8 Å². The smallest absolute Gasteiger partial charge is 0.262 e. The number of nitrogens with one attached hydrogen (secondary N) is 2. The largest absolute Gasteiger partial charge is 0.484 e. The van der Waals surface area contributed by atoms with Crippen LogP contribution in [0.4, 0.5) is 5.69 Å². The van der Waals surface area contributed by atoms with Crippen molar-refractivity contribution in [2.75, 3.05) is 17.7 Å². The average Bonchev–Trinajstić information content (AvgIpc) is 2.81. The van der Waals surface area contributed by atoms with Crippen molar-refractivity contribution in [3.63, 3.8) is 0 Å². The normalized spacial score (nSPS) is 10.7. The Morgan fingerprint density at radius 1 is 0.879 bits per heavy atom. The fraction of sp³-hybridized carbons (Fsp3) is 0.192. The van der Waals surface area contributed by atoms with Crippen molar-refractivity contribution in [1.82, 2.24) is 5.43 Å². The summed E-state index contributed by atoms with van der Waals surface area (Å²) in [5, 5.41) is 6.79. The Kier molecular flexibility index (Phi) is 9.08. The number of benzene rings is 3. The lowest BCUT2D eigenvalue weighted by Crippen LogP contribution is -2.20. The summed E-state index contributed by atoms with van der Waals surface area (Å²) in [4.78, 5) is 25.1. The summed E-state index contributed by atoms with van der Waals surface area (Å²) in [6, 6.07) is 22.9. The van der Waals surface area contributed by atoms with Gasteiger partial charge >= 0.3 is 0 Å². The average molecular weight is 462 g/mol. The van der Waals surface area contributed by atoms with Crippen molar-refractivity contribution in [1.29, 1.82) is 0 Å². The monoisotopic (exact) mass is 461 g/mol. The van der Waals surface area contributed by atoms with Crippen molar-refractivity contribution < 1.29 is 14.3 Å². The Hall–Kier alpha value is -3.58. The van der Waals surface area contributed by atoms with Gasteiger partial charge in [-0.05, 0) is 67.9 Å². The van der Waals surface area contributed by atoms with Crippen molar-refractivity contribution >= 4 is 35.5 Å². The minimum Gasteiger partial charge on any atom is -0.484 e. The summed E-state index contributed by atoms with van der Waals surface area (Å²) in [7, 11) is 0. The van der Waals surface area contributed by atoms with Crippen molar-refractivity contribution in [3.05, 3.63) is 89.5 Å². The zero-order valence-corrected chi connectivity index (χ0v) is 19.5. The number of ether oxygens (including phenoxy) is 1. The highest BCUT2D eigenvalue weighted by Crippen LogP contribution is 2.19. The molecule has 3 rings (SSSR count). The molecule has 0 atom stereocenters. The summed E-state index contributed by atoms with van der Waals surface area (Å²) in [6.07, 6.45) is 1.95. The molecule has 0 spiro atoms. The van der Waals surface area contributed by atoms with E-state index in [9.17, 15) is 9.59 Å². The van der Waals surface area contributed by atoms with Gasteiger partial charge in [-0.3, -0.25) is 9.59 Å². The van der Waals surface area contributed by atoms with Gasteiger partial charge in [0.25, 0.3) is 5.91 Å². The Morgan fingerprint density at radius 3 is 2.18 bits per heavy atom. The van der Waals surface area contributed by atoms with Crippen molar-refractivity contribution in [2.24, 2.45) is 5.10 Å². The predicted molar refractivity (Wildman–Crippen MR) is 134 cm³/mol. The summed E-state index contributed by atoms with van der Waals surface area (Å²) < 4.78 is 5.52. The molecule has 2 N–H and O–H groups in total. The minimum absolute atomic E-state index is 0.0853. The molecule has 3 aromatic carbocycles. The lowest BCUT2D eigenvalue weighted by atomic mass is 10.2. The van der Waals surface area contributed by atoms with Crippen LogP contribution in [0.25, 0.3) is 0 Å². The van der Waals surface area contributed by atoms with Gasteiger partial charge in [0.15, 0.2) is 6.61 Å². The Balaban J connectivity index is 1.35. The van der Waals surface area contributed by atoms with Crippen LogP contribution in [0.15, 0.2) is 82.8 Å². The molecule has 0 bridgehead atoms. The van der Waals surface area contributed by atoms with Crippen LogP contribution in [0.1, 0.15) is 23.1 Å². The minimum atomic E-state index is -0.229. The molecule has 0 aliphatic rings. The maximum Gasteiger partial charge on any atom is 0.262 e. The number of carbonyl (C=O) groups is 2. The third-order valence-electron chi connectivity index (χ3n) is 4.61. The van der Waals surface area contributed by atoms with E-state index in [0.717, 1.165) is 21.7 Å². The number of anilines is 1. The summed E-state index contributed by atoms with van der Waals surface area (Å²) in [6.45, 7) is 3.95. The number of hydrazone groups is 1. The first-order valence-corrected chi connectivity index (χ1v) is 11.6. The van der Waals surface area contributed by atoms with Crippen LogP contribution in [-0.2, 0) is 9.59 Å². The Labute approximate surface area is 198 Å². The first-order chi connectivity index (χ1) is 16.0. The molecule has 0 heterocycles. The molecule has 0 aromatic heterocycles. The zero-order chi connectivity index (χ0) is 23.5. The number of carbonyl (C=O) groups excluding carboxylic acids is 2. The number of aryl methyl sites for hydroxylation is 2. The van der Waals surface area contributed by atoms with Gasteiger partial charge in [0.05, 0.1) is 6.21 Å². The molecule has 170 valence electrons. The summed E-state index contributed by atoms with van der Waals surface area (Å²) >= 11 is 1.64. The molecule has 7 heteroatoms. The number of nitrogens with zero attached hydrogens (tertiary/aromatic N) is 1. The molecule has 0 radical (unpaired) electrons. The summed E-state index contributed by atoms with van der Waals surface area (Å²) in [5.41, 5.74) is 6.43. The SMILES string of the molecule is Cc1ccc(NC(=O)COc2ccc(/C=N\NC(=O)CCSc3ccc(C)cc3)cc2)cc1. The van der Waals surface area contributed by atoms with E-state index >= 15 is 0 Å². The fourth-order valence-electron chi connectivity index (χ4n) is 2.76. The fourth-order valence-corrected chi connectivity index (χ4v) is 3.62. The molecule has 6 nitrogen and oxygen atoms in total. The Bertz CT molecular complexity index is 1080. The highest BCUT2D eigenvalue weighted by molar-refractivity contribution is 7.99. The Morgan fingerprint density at radius 2 is 1.52 bits per heavy atom. The van der Waals surface area contributed by atoms with Crippen LogP contribution in [0, 0.1) is 13.8 Å². The second-order valence-electron chi connectivity index (χ2n) is 7.48. The molecule has 0 saturated carbocycles. The van der Waals surface area contributed by atoms with E-state index in [1.807, 2.05) is 38.1 Å².